The van der Waals surface area contributed by atoms with Gasteiger partial charge in [-0.2, -0.15) is 5.26 Å². The standard InChI is InChI=1S/C10H8N2O3/c1-12(9(13)10(14)15)8-4-2-7(6-11)3-5-8/h2-5H,1H3,(H,14,15). The molecule has 0 spiro atoms. The third-order valence-electron chi connectivity index (χ3n) is 1.87. The fraction of sp³-hybridized carbons (Fsp3) is 0.100. The molecule has 76 valence electrons. The molecule has 15 heavy (non-hydrogen) atoms. The predicted molar refractivity (Wildman–Crippen MR) is 52.2 cm³/mol. The van der Waals surface area contributed by atoms with E-state index in [1.807, 2.05) is 6.07 Å². The summed E-state index contributed by atoms with van der Waals surface area (Å²) in [6.07, 6.45) is 0. The van der Waals surface area contributed by atoms with Gasteiger partial charge < -0.3 is 10.0 Å². The van der Waals surface area contributed by atoms with E-state index in [0.29, 0.717) is 11.3 Å². The largest absolute Gasteiger partial charge is 0.474 e. The Morgan fingerprint density at radius 2 is 1.87 bits per heavy atom. The van der Waals surface area contributed by atoms with Crippen LogP contribution in [0.15, 0.2) is 24.3 Å². The molecule has 0 unspecified atom stereocenters. The minimum Gasteiger partial charge on any atom is -0.474 e. The quantitative estimate of drug-likeness (QED) is 0.679. The van der Waals surface area contributed by atoms with Crippen LogP contribution >= 0.6 is 0 Å². The van der Waals surface area contributed by atoms with Gasteiger partial charge in [0.05, 0.1) is 11.6 Å². The Hall–Kier alpha value is -2.35. The van der Waals surface area contributed by atoms with E-state index in [-0.39, 0.29) is 0 Å². The highest BCUT2D eigenvalue weighted by Crippen LogP contribution is 2.13. The fourth-order valence-corrected chi connectivity index (χ4v) is 1.02. The van der Waals surface area contributed by atoms with Crippen LogP contribution in [0.3, 0.4) is 0 Å². The monoisotopic (exact) mass is 204 g/mol. The zero-order chi connectivity index (χ0) is 11.4. The number of carboxylic acids is 1. The minimum absolute atomic E-state index is 0.432. The highest BCUT2D eigenvalue weighted by molar-refractivity contribution is 6.37. The molecule has 1 N–H and O–H groups in total. The van der Waals surface area contributed by atoms with Gasteiger partial charge in [-0.05, 0) is 24.3 Å². The summed E-state index contributed by atoms with van der Waals surface area (Å²) in [5, 5.41) is 17.0. The second kappa shape index (κ2) is 4.24. The highest BCUT2D eigenvalue weighted by Gasteiger charge is 2.18. The van der Waals surface area contributed by atoms with Gasteiger partial charge in [0, 0.05) is 12.7 Å². The van der Waals surface area contributed by atoms with E-state index >= 15 is 0 Å². The van der Waals surface area contributed by atoms with Crippen LogP contribution in [0.2, 0.25) is 0 Å². The fourth-order valence-electron chi connectivity index (χ4n) is 1.02. The molecule has 0 radical (unpaired) electrons. The molecule has 5 heteroatoms. The van der Waals surface area contributed by atoms with Crippen molar-refractivity contribution in [1.82, 2.24) is 0 Å². The number of nitrogens with zero attached hydrogens (tertiary/aromatic N) is 2. The lowest BCUT2D eigenvalue weighted by Crippen LogP contribution is -2.32. The van der Waals surface area contributed by atoms with Crippen molar-refractivity contribution in [1.29, 1.82) is 5.26 Å². The van der Waals surface area contributed by atoms with Crippen molar-refractivity contribution < 1.29 is 14.7 Å². The molecule has 0 saturated carbocycles. The molecule has 1 amide bonds. The van der Waals surface area contributed by atoms with Gasteiger partial charge in [-0.1, -0.05) is 0 Å². The van der Waals surface area contributed by atoms with Crippen molar-refractivity contribution in [3.05, 3.63) is 29.8 Å². The molecule has 0 saturated heterocycles. The van der Waals surface area contributed by atoms with Crippen molar-refractivity contribution in [2.75, 3.05) is 11.9 Å². The number of hydrogen-bond donors (Lipinski definition) is 1. The topological polar surface area (TPSA) is 81.4 Å². The van der Waals surface area contributed by atoms with E-state index in [9.17, 15) is 9.59 Å². The third-order valence-corrected chi connectivity index (χ3v) is 1.87. The molecule has 0 aliphatic heterocycles. The zero-order valence-corrected chi connectivity index (χ0v) is 7.97. The molecule has 1 rings (SSSR count). The maximum absolute atomic E-state index is 11.1. The van der Waals surface area contributed by atoms with E-state index in [1.54, 1.807) is 0 Å². The summed E-state index contributed by atoms with van der Waals surface area (Å²) in [5.41, 5.74) is 0.885. The molecule has 0 fully saturated rings. The van der Waals surface area contributed by atoms with Crippen LogP contribution in [-0.4, -0.2) is 24.0 Å². The van der Waals surface area contributed by atoms with Gasteiger partial charge >= 0.3 is 11.9 Å². The molecule has 0 aromatic heterocycles. The van der Waals surface area contributed by atoms with Crippen molar-refractivity contribution in [2.24, 2.45) is 0 Å². The third kappa shape index (κ3) is 2.31. The molecule has 0 bridgehead atoms. The first-order valence-corrected chi connectivity index (χ1v) is 4.07. The number of carbonyl (C=O) groups is 2. The van der Waals surface area contributed by atoms with Crippen LogP contribution in [-0.2, 0) is 9.59 Å². The second-order valence-electron chi connectivity index (χ2n) is 2.83. The molecule has 0 aliphatic rings. The number of carboxylic acid groups (broad SMARTS) is 1. The molecule has 0 aliphatic carbocycles. The van der Waals surface area contributed by atoms with E-state index in [4.69, 9.17) is 10.4 Å². The Morgan fingerprint density at radius 1 is 1.33 bits per heavy atom. The number of likely N-dealkylation sites (N-methyl/N-ethyl adjacent to an activating group) is 1. The number of carbonyl (C=O) groups excluding carboxylic acids is 1. The Bertz CT molecular complexity index is 431. The minimum atomic E-state index is -1.51. The Balaban J connectivity index is 2.93. The van der Waals surface area contributed by atoms with Gasteiger partial charge in [0.15, 0.2) is 0 Å². The summed E-state index contributed by atoms with van der Waals surface area (Å²) in [6, 6.07) is 7.98. The Morgan fingerprint density at radius 3 is 2.27 bits per heavy atom. The molecule has 5 nitrogen and oxygen atoms in total. The van der Waals surface area contributed by atoms with Crippen LogP contribution in [0.25, 0.3) is 0 Å². The maximum atomic E-state index is 11.1. The highest BCUT2D eigenvalue weighted by atomic mass is 16.4. The van der Waals surface area contributed by atoms with Gasteiger partial charge in [-0.3, -0.25) is 4.79 Å². The smallest absolute Gasteiger partial charge is 0.394 e. The summed E-state index contributed by atoms with van der Waals surface area (Å²) in [7, 11) is 1.36. The molecule has 1 aromatic carbocycles. The lowest BCUT2D eigenvalue weighted by molar-refractivity contribution is -0.148. The molecule has 1 aromatic rings. The van der Waals surface area contributed by atoms with Gasteiger partial charge in [-0.15, -0.1) is 0 Å². The van der Waals surface area contributed by atoms with E-state index in [0.717, 1.165) is 4.90 Å². The first-order valence-electron chi connectivity index (χ1n) is 4.07. The SMILES string of the molecule is CN(C(=O)C(=O)O)c1ccc(C#N)cc1. The van der Waals surface area contributed by atoms with Crippen LogP contribution in [0.1, 0.15) is 5.56 Å². The van der Waals surface area contributed by atoms with E-state index in [1.165, 1.54) is 31.3 Å². The second-order valence-corrected chi connectivity index (χ2v) is 2.83. The molecular formula is C10H8N2O3. The predicted octanol–water partition coefficient (Wildman–Crippen LogP) is 0.606. The number of anilines is 1. The van der Waals surface area contributed by atoms with Gasteiger partial charge in [0.1, 0.15) is 0 Å². The van der Waals surface area contributed by atoms with E-state index < -0.39 is 11.9 Å². The summed E-state index contributed by atoms with van der Waals surface area (Å²) >= 11 is 0. The van der Waals surface area contributed by atoms with Crippen molar-refractivity contribution >= 4 is 17.6 Å². The average molecular weight is 204 g/mol. The normalized spacial score (nSPS) is 9.07. The average Bonchev–Trinajstić information content (AvgIpc) is 2.27. The molecule has 0 heterocycles. The van der Waals surface area contributed by atoms with Crippen LogP contribution < -0.4 is 4.90 Å². The number of nitriles is 1. The number of rotatable bonds is 1. The summed E-state index contributed by atoms with van der Waals surface area (Å²) in [6.45, 7) is 0. The van der Waals surface area contributed by atoms with E-state index in [2.05, 4.69) is 0 Å². The first kappa shape index (κ1) is 10.7. The van der Waals surface area contributed by atoms with Crippen molar-refractivity contribution in [3.8, 4) is 6.07 Å². The lowest BCUT2D eigenvalue weighted by Gasteiger charge is -2.14. The number of aliphatic carboxylic acids is 1. The van der Waals surface area contributed by atoms with Crippen molar-refractivity contribution in [2.45, 2.75) is 0 Å². The maximum Gasteiger partial charge on any atom is 0.394 e. The van der Waals surface area contributed by atoms with Crippen LogP contribution in [0.5, 0.6) is 0 Å². The number of amides is 1. The van der Waals surface area contributed by atoms with Crippen molar-refractivity contribution in [3.63, 3.8) is 0 Å². The zero-order valence-electron chi connectivity index (χ0n) is 7.97. The number of benzene rings is 1. The van der Waals surface area contributed by atoms with Gasteiger partial charge in [0.2, 0.25) is 0 Å². The van der Waals surface area contributed by atoms with Gasteiger partial charge in [-0.25, -0.2) is 4.79 Å². The van der Waals surface area contributed by atoms with Gasteiger partial charge in [0.25, 0.3) is 0 Å². The summed E-state index contributed by atoms with van der Waals surface area (Å²) in [4.78, 5) is 22.5. The first-order chi connectivity index (χ1) is 7.06. The lowest BCUT2D eigenvalue weighted by atomic mass is 10.2. The Kier molecular flexibility index (Phi) is 3.03. The molecule has 0 atom stereocenters. The number of hydrogen-bond acceptors (Lipinski definition) is 3. The molecular weight excluding hydrogens is 196 g/mol. The summed E-state index contributed by atoms with van der Waals surface area (Å²) < 4.78 is 0. The van der Waals surface area contributed by atoms with Crippen LogP contribution in [0.4, 0.5) is 5.69 Å². The Labute approximate surface area is 86.2 Å². The summed E-state index contributed by atoms with van der Waals surface area (Å²) in [5.74, 6) is -2.53. The van der Waals surface area contributed by atoms with Crippen LogP contribution in [0, 0.1) is 11.3 Å².